The third-order valence-electron chi connectivity index (χ3n) is 3.29. The number of hydrogen-bond donors (Lipinski definition) is 1. The van der Waals surface area contributed by atoms with E-state index in [1.165, 1.54) is 4.90 Å². The summed E-state index contributed by atoms with van der Waals surface area (Å²) in [6, 6.07) is 7.24. The maximum atomic E-state index is 12.4. The molecule has 1 aromatic rings. The van der Waals surface area contributed by atoms with Crippen molar-refractivity contribution in [2.75, 3.05) is 19.4 Å². The van der Waals surface area contributed by atoms with Gasteiger partial charge in [-0.2, -0.15) is 8.42 Å². The molecule has 1 N–H and O–H groups in total. The molecule has 2 rings (SSSR count). The SMILES string of the molecule is COc1ccc(/C(C)=C2/SC(=S)N(CCS(=O)(=O)O)C2=O)cc1. The number of carbonyl (C=O) groups excluding carboxylic acids is 1. The number of nitrogens with zero attached hydrogens (tertiary/aromatic N) is 1. The molecule has 0 saturated carbocycles. The quantitative estimate of drug-likeness (QED) is 0.481. The lowest BCUT2D eigenvalue weighted by Gasteiger charge is -2.13. The second-order valence-electron chi connectivity index (χ2n) is 4.79. The van der Waals surface area contributed by atoms with Crippen molar-refractivity contribution < 1.29 is 22.5 Å². The van der Waals surface area contributed by atoms with Gasteiger partial charge in [-0.15, -0.1) is 0 Å². The van der Waals surface area contributed by atoms with Gasteiger partial charge in [-0.25, -0.2) is 0 Å². The van der Waals surface area contributed by atoms with E-state index in [0.717, 1.165) is 22.9 Å². The van der Waals surface area contributed by atoms with Gasteiger partial charge in [0.15, 0.2) is 0 Å². The Kier molecular flexibility index (Phi) is 5.45. The van der Waals surface area contributed by atoms with E-state index in [0.29, 0.717) is 10.7 Å². The van der Waals surface area contributed by atoms with E-state index < -0.39 is 15.9 Å². The first kappa shape index (κ1) is 17.9. The Morgan fingerprint density at radius 3 is 2.48 bits per heavy atom. The number of ether oxygens (including phenoxy) is 1. The number of thiocarbonyl (C=S) groups is 1. The summed E-state index contributed by atoms with van der Waals surface area (Å²) in [5.74, 6) is -0.187. The molecule has 1 aliphatic heterocycles. The first-order valence-corrected chi connectivity index (χ1v) is 9.40. The second kappa shape index (κ2) is 7.00. The highest BCUT2D eigenvalue weighted by atomic mass is 32.2. The van der Waals surface area contributed by atoms with Gasteiger partial charge >= 0.3 is 0 Å². The lowest BCUT2D eigenvalue weighted by molar-refractivity contribution is -0.121. The van der Waals surface area contributed by atoms with Crippen LogP contribution in [-0.2, 0) is 14.9 Å². The number of hydrogen-bond acceptors (Lipinski definition) is 6. The van der Waals surface area contributed by atoms with Crippen LogP contribution in [0.2, 0.25) is 0 Å². The summed E-state index contributed by atoms with van der Waals surface area (Å²) in [5.41, 5.74) is 1.60. The fourth-order valence-electron chi connectivity index (χ4n) is 2.00. The highest BCUT2D eigenvalue weighted by molar-refractivity contribution is 8.26. The monoisotopic (exact) mass is 373 g/mol. The fraction of sp³-hybridized carbons (Fsp3) is 0.286. The number of thioether (sulfide) groups is 1. The largest absolute Gasteiger partial charge is 0.497 e. The molecule has 0 bridgehead atoms. The second-order valence-corrected chi connectivity index (χ2v) is 8.01. The van der Waals surface area contributed by atoms with Crippen molar-refractivity contribution in [3.63, 3.8) is 0 Å². The molecular weight excluding hydrogens is 358 g/mol. The van der Waals surface area contributed by atoms with Crippen molar-refractivity contribution in [3.8, 4) is 5.75 Å². The van der Waals surface area contributed by atoms with E-state index in [2.05, 4.69) is 0 Å². The minimum Gasteiger partial charge on any atom is -0.497 e. The van der Waals surface area contributed by atoms with E-state index in [1.807, 2.05) is 12.1 Å². The zero-order valence-electron chi connectivity index (χ0n) is 12.5. The molecule has 23 heavy (non-hydrogen) atoms. The first-order chi connectivity index (χ1) is 10.7. The molecule has 9 heteroatoms. The van der Waals surface area contributed by atoms with E-state index in [1.54, 1.807) is 26.2 Å². The number of methoxy groups -OCH3 is 1. The Bertz CT molecular complexity index is 768. The van der Waals surface area contributed by atoms with Crippen LogP contribution in [0.25, 0.3) is 5.57 Å². The van der Waals surface area contributed by atoms with Crippen LogP contribution in [0.4, 0.5) is 0 Å². The summed E-state index contributed by atoms with van der Waals surface area (Å²) in [6.45, 7) is 1.64. The van der Waals surface area contributed by atoms with Gasteiger partial charge in [-0.05, 0) is 30.2 Å². The van der Waals surface area contributed by atoms with Crippen LogP contribution in [0.15, 0.2) is 29.2 Å². The molecule has 0 radical (unpaired) electrons. The van der Waals surface area contributed by atoms with E-state index in [-0.39, 0.29) is 16.8 Å². The zero-order chi connectivity index (χ0) is 17.2. The van der Waals surface area contributed by atoms with Gasteiger partial charge in [-0.3, -0.25) is 14.2 Å². The molecule has 124 valence electrons. The number of carbonyl (C=O) groups is 1. The van der Waals surface area contributed by atoms with Crippen molar-refractivity contribution in [3.05, 3.63) is 34.7 Å². The Balaban J connectivity index is 2.25. The summed E-state index contributed by atoms with van der Waals surface area (Å²) >= 11 is 6.25. The third kappa shape index (κ3) is 4.31. The molecule has 0 atom stereocenters. The predicted octanol–water partition coefficient (Wildman–Crippen LogP) is 2.17. The first-order valence-electron chi connectivity index (χ1n) is 6.57. The van der Waals surface area contributed by atoms with Crippen LogP contribution in [0.1, 0.15) is 12.5 Å². The molecule has 0 unspecified atom stereocenters. The van der Waals surface area contributed by atoms with Crippen LogP contribution < -0.4 is 4.74 Å². The van der Waals surface area contributed by atoms with E-state index in [4.69, 9.17) is 21.5 Å². The molecule has 1 aromatic carbocycles. The standard InChI is InChI=1S/C14H15NO5S3/c1-9(10-3-5-11(20-2)6-4-10)12-13(16)15(14(21)22-12)7-8-23(17,18)19/h3-6H,7-8H2,1-2H3,(H,17,18,19)/b12-9+. The molecule has 1 fully saturated rings. The molecule has 1 amide bonds. The minimum atomic E-state index is -4.15. The average Bonchev–Trinajstić information content (AvgIpc) is 2.78. The van der Waals surface area contributed by atoms with Gasteiger partial charge in [0.2, 0.25) is 0 Å². The van der Waals surface area contributed by atoms with Crippen LogP contribution in [0, 0.1) is 0 Å². The van der Waals surface area contributed by atoms with Crippen LogP contribution in [-0.4, -0.2) is 47.5 Å². The van der Waals surface area contributed by atoms with E-state index >= 15 is 0 Å². The summed E-state index contributed by atoms with van der Waals surface area (Å²) < 4.78 is 35.9. The highest BCUT2D eigenvalue weighted by Gasteiger charge is 2.34. The fourth-order valence-corrected chi connectivity index (χ4v) is 3.77. The van der Waals surface area contributed by atoms with Gasteiger partial charge < -0.3 is 4.74 Å². The van der Waals surface area contributed by atoms with Gasteiger partial charge in [0.05, 0.1) is 17.8 Å². The zero-order valence-corrected chi connectivity index (χ0v) is 14.9. The average molecular weight is 373 g/mol. The number of benzene rings is 1. The van der Waals surface area contributed by atoms with Gasteiger partial charge in [0.1, 0.15) is 10.1 Å². The Morgan fingerprint density at radius 2 is 1.96 bits per heavy atom. The predicted molar refractivity (Wildman–Crippen MR) is 93.9 cm³/mol. The van der Waals surface area contributed by atoms with Gasteiger partial charge in [0, 0.05) is 6.54 Å². The molecule has 0 spiro atoms. The van der Waals surface area contributed by atoms with Gasteiger partial charge in [0.25, 0.3) is 16.0 Å². The summed E-state index contributed by atoms with van der Waals surface area (Å²) in [6.07, 6.45) is 0. The normalized spacial score (nSPS) is 17.6. The third-order valence-corrected chi connectivity index (χ3v) is 5.53. The van der Waals surface area contributed by atoms with Crippen molar-refractivity contribution in [2.45, 2.75) is 6.92 Å². The van der Waals surface area contributed by atoms with Crippen molar-refractivity contribution in [1.29, 1.82) is 0 Å². The van der Waals surface area contributed by atoms with E-state index in [9.17, 15) is 13.2 Å². The Morgan fingerprint density at radius 1 is 1.35 bits per heavy atom. The summed E-state index contributed by atoms with van der Waals surface area (Å²) in [4.78, 5) is 14.1. The van der Waals surface area contributed by atoms with Gasteiger partial charge in [-0.1, -0.05) is 36.1 Å². The smallest absolute Gasteiger partial charge is 0.266 e. The number of rotatable bonds is 5. The van der Waals surface area contributed by atoms with Crippen LogP contribution >= 0.6 is 24.0 Å². The van der Waals surface area contributed by atoms with Crippen LogP contribution in [0.5, 0.6) is 5.75 Å². The lowest BCUT2D eigenvalue weighted by Crippen LogP contribution is -2.32. The summed E-state index contributed by atoms with van der Waals surface area (Å²) in [7, 11) is -2.58. The molecule has 6 nitrogen and oxygen atoms in total. The number of allylic oxidation sites excluding steroid dienone is 1. The molecule has 1 saturated heterocycles. The summed E-state index contributed by atoms with van der Waals surface area (Å²) in [5, 5.41) is 0. The Hall–Kier alpha value is -1.42. The molecule has 0 aromatic heterocycles. The molecular formula is C14H15NO5S3. The van der Waals surface area contributed by atoms with Crippen molar-refractivity contribution in [1.82, 2.24) is 4.90 Å². The molecule has 0 aliphatic carbocycles. The van der Waals surface area contributed by atoms with Crippen molar-refractivity contribution in [2.24, 2.45) is 0 Å². The van der Waals surface area contributed by atoms with Crippen LogP contribution in [0.3, 0.4) is 0 Å². The highest BCUT2D eigenvalue weighted by Crippen LogP contribution is 2.36. The topological polar surface area (TPSA) is 83.9 Å². The maximum absolute atomic E-state index is 12.4. The Labute approximate surface area is 144 Å². The van der Waals surface area contributed by atoms with Crippen molar-refractivity contribution >= 4 is 49.9 Å². The maximum Gasteiger partial charge on any atom is 0.266 e. The molecule has 1 aliphatic rings. The number of amides is 1. The minimum absolute atomic E-state index is 0.164. The lowest BCUT2D eigenvalue weighted by atomic mass is 10.1. The molecule has 1 heterocycles.